The van der Waals surface area contributed by atoms with Crippen molar-refractivity contribution in [3.05, 3.63) is 57.0 Å². The van der Waals surface area contributed by atoms with E-state index in [1.807, 2.05) is 24.3 Å². The molecule has 158 valence electrons. The maximum Gasteiger partial charge on any atom is 0.240 e. The summed E-state index contributed by atoms with van der Waals surface area (Å²) in [4.78, 5) is 12.3. The molecule has 10 heteroatoms. The van der Waals surface area contributed by atoms with Gasteiger partial charge in [-0.05, 0) is 36.6 Å². The lowest BCUT2D eigenvalue weighted by atomic mass is 10.1. The van der Waals surface area contributed by atoms with E-state index in [2.05, 4.69) is 5.32 Å². The zero-order chi connectivity index (χ0) is 21.6. The maximum atomic E-state index is 12.3. The van der Waals surface area contributed by atoms with E-state index in [4.69, 9.17) is 39.5 Å². The van der Waals surface area contributed by atoms with Crippen LogP contribution in [-0.4, -0.2) is 40.8 Å². The number of amides is 1. The number of sulfonamides is 1. The Labute approximate surface area is 185 Å². The number of benzene rings is 2. The average Bonchev–Trinajstić information content (AvgIpc) is 2.66. The van der Waals surface area contributed by atoms with Gasteiger partial charge in [0.1, 0.15) is 12.3 Å². The van der Waals surface area contributed by atoms with Crippen LogP contribution in [0.2, 0.25) is 15.1 Å². The lowest BCUT2D eigenvalue weighted by molar-refractivity contribution is -0.119. The van der Waals surface area contributed by atoms with Crippen molar-refractivity contribution in [3.63, 3.8) is 0 Å². The number of hydrogen-bond donors (Lipinski definition) is 1. The van der Waals surface area contributed by atoms with E-state index in [1.165, 1.54) is 12.1 Å². The highest BCUT2D eigenvalue weighted by molar-refractivity contribution is 7.92. The average molecular weight is 480 g/mol. The number of para-hydroxylation sites is 1. The van der Waals surface area contributed by atoms with Crippen LogP contribution in [0.4, 0.5) is 5.69 Å². The molecule has 0 saturated heterocycles. The molecule has 2 aromatic carbocycles. The van der Waals surface area contributed by atoms with Gasteiger partial charge >= 0.3 is 0 Å². The number of ether oxygens (including phenoxy) is 1. The highest BCUT2D eigenvalue weighted by Crippen LogP contribution is 2.35. The smallest absolute Gasteiger partial charge is 0.240 e. The van der Waals surface area contributed by atoms with Gasteiger partial charge in [-0.1, -0.05) is 53.0 Å². The number of carbonyl (C=O) groups excluding carboxylic acids is 1. The van der Waals surface area contributed by atoms with Gasteiger partial charge in [-0.15, -0.1) is 0 Å². The molecule has 0 bridgehead atoms. The molecule has 0 aliphatic rings. The van der Waals surface area contributed by atoms with Crippen molar-refractivity contribution in [2.45, 2.75) is 12.8 Å². The van der Waals surface area contributed by atoms with Gasteiger partial charge in [0.15, 0.2) is 0 Å². The third-order valence-electron chi connectivity index (χ3n) is 4.08. The summed E-state index contributed by atoms with van der Waals surface area (Å²) in [5.74, 6) is 0.328. The predicted octanol–water partition coefficient (Wildman–Crippen LogP) is 4.17. The minimum Gasteiger partial charge on any atom is -0.496 e. The predicted molar refractivity (Wildman–Crippen MR) is 118 cm³/mol. The van der Waals surface area contributed by atoms with Gasteiger partial charge in [0.2, 0.25) is 15.9 Å². The summed E-state index contributed by atoms with van der Waals surface area (Å²) >= 11 is 18.0. The first kappa shape index (κ1) is 23.6. The largest absolute Gasteiger partial charge is 0.496 e. The molecule has 0 spiro atoms. The summed E-state index contributed by atoms with van der Waals surface area (Å²) in [7, 11) is -2.17. The SMILES string of the molecule is COc1ccccc1CCCNC(=O)CN(c1cc(Cl)c(Cl)cc1Cl)S(C)(=O)=O. The number of hydrogen-bond acceptors (Lipinski definition) is 4. The maximum absolute atomic E-state index is 12.3. The highest BCUT2D eigenvalue weighted by atomic mass is 35.5. The van der Waals surface area contributed by atoms with Crippen LogP contribution < -0.4 is 14.4 Å². The van der Waals surface area contributed by atoms with Crippen LogP contribution in [0.3, 0.4) is 0 Å². The minimum absolute atomic E-state index is 0.0776. The topological polar surface area (TPSA) is 75.7 Å². The van der Waals surface area contributed by atoms with Crippen molar-refractivity contribution in [2.24, 2.45) is 0 Å². The van der Waals surface area contributed by atoms with Crippen LogP contribution in [0.5, 0.6) is 5.75 Å². The zero-order valence-corrected chi connectivity index (χ0v) is 19.0. The van der Waals surface area contributed by atoms with Crippen molar-refractivity contribution >= 4 is 56.4 Å². The van der Waals surface area contributed by atoms with Gasteiger partial charge in [0, 0.05) is 6.54 Å². The van der Waals surface area contributed by atoms with Crippen molar-refractivity contribution < 1.29 is 17.9 Å². The standard InChI is InChI=1S/C19H21Cl3N2O4S/c1-28-18-8-4-3-6-13(18)7-5-9-23-19(25)12-24(29(2,26)27)17-11-15(21)14(20)10-16(17)22/h3-4,6,8,10-11H,5,7,9,12H2,1-2H3,(H,23,25). The molecule has 0 aliphatic carbocycles. The van der Waals surface area contributed by atoms with Crippen LogP contribution in [-0.2, 0) is 21.2 Å². The van der Waals surface area contributed by atoms with E-state index in [0.717, 1.165) is 21.9 Å². The quantitative estimate of drug-likeness (QED) is 0.433. The van der Waals surface area contributed by atoms with E-state index in [-0.39, 0.29) is 20.8 Å². The second-order valence-electron chi connectivity index (χ2n) is 6.25. The third kappa shape index (κ3) is 6.67. The Balaban J connectivity index is 2.00. The summed E-state index contributed by atoms with van der Waals surface area (Å²) in [6.45, 7) is -0.0469. The Morgan fingerprint density at radius 2 is 1.76 bits per heavy atom. The number of anilines is 1. The lowest BCUT2D eigenvalue weighted by Crippen LogP contribution is -2.40. The molecule has 2 aromatic rings. The fourth-order valence-corrected chi connectivity index (χ4v) is 4.24. The van der Waals surface area contributed by atoms with Crippen LogP contribution in [0.25, 0.3) is 0 Å². The minimum atomic E-state index is -3.78. The first-order chi connectivity index (χ1) is 13.6. The van der Waals surface area contributed by atoms with Gasteiger partial charge in [-0.25, -0.2) is 8.42 Å². The number of nitrogens with zero attached hydrogens (tertiary/aromatic N) is 1. The number of aryl methyl sites for hydroxylation is 1. The molecule has 0 saturated carbocycles. The van der Waals surface area contributed by atoms with E-state index < -0.39 is 22.5 Å². The van der Waals surface area contributed by atoms with Crippen molar-refractivity contribution in [1.29, 1.82) is 0 Å². The molecule has 1 N–H and O–H groups in total. The van der Waals surface area contributed by atoms with Crippen molar-refractivity contribution in [2.75, 3.05) is 30.8 Å². The Morgan fingerprint density at radius 3 is 2.41 bits per heavy atom. The van der Waals surface area contributed by atoms with Gasteiger partial charge < -0.3 is 10.1 Å². The molecule has 0 aromatic heterocycles. The Bertz CT molecular complexity index is 983. The number of rotatable bonds is 9. The van der Waals surface area contributed by atoms with Crippen LogP contribution in [0.15, 0.2) is 36.4 Å². The summed E-state index contributed by atoms with van der Waals surface area (Å²) in [5.41, 5.74) is 1.12. The first-order valence-corrected chi connectivity index (χ1v) is 11.6. The monoisotopic (exact) mass is 478 g/mol. The molecular formula is C19H21Cl3N2O4S. The molecule has 6 nitrogen and oxygen atoms in total. The Hall–Kier alpha value is -1.67. The molecule has 2 rings (SSSR count). The van der Waals surface area contributed by atoms with Crippen LogP contribution in [0.1, 0.15) is 12.0 Å². The van der Waals surface area contributed by atoms with Gasteiger partial charge in [0.25, 0.3) is 0 Å². The zero-order valence-electron chi connectivity index (χ0n) is 15.9. The van der Waals surface area contributed by atoms with E-state index >= 15 is 0 Å². The summed E-state index contributed by atoms with van der Waals surface area (Å²) in [6, 6.07) is 10.3. The summed E-state index contributed by atoms with van der Waals surface area (Å²) in [5, 5.41) is 3.12. The molecule has 0 heterocycles. The van der Waals surface area contributed by atoms with Crippen molar-refractivity contribution in [1.82, 2.24) is 5.32 Å². The second kappa shape index (κ2) is 10.4. The van der Waals surface area contributed by atoms with E-state index in [9.17, 15) is 13.2 Å². The Kier molecular flexibility index (Phi) is 8.46. The van der Waals surface area contributed by atoms with Crippen LogP contribution in [0, 0.1) is 0 Å². The normalized spacial score (nSPS) is 11.2. The van der Waals surface area contributed by atoms with Crippen LogP contribution >= 0.6 is 34.8 Å². The molecule has 29 heavy (non-hydrogen) atoms. The second-order valence-corrected chi connectivity index (χ2v) is 9.38. The van der Waals surface area contributed by atoms with Gasteiger partial charge in [-0.3, -0.25) is 9.10 Å². The third-order valence-corrected chi connectivity index (χ3v) is 6.23. The molecule has 0 unspecified atom stereocenters. The van der Waals surface area contributed by atoms with Gasteiger partial charge in [-0.2, -0.15) is 0 Å². The van der Waals surface area contributed by atoms with E-state index in [0.29, 0.717) is 19.4 Å². The lowest BCUT2D eigenvalue weighted by Gasteiger charge is -2.23. The highest BCUT2D eigenvalue weighted by Gasteiger charge is 2.24. The first-order valence-electron chi connectivity index (χ1n) is 8.64. The molecular weight excluding hydrogens is 459 g/mol. The molecule has 0 radical (unpaired) electrons. The molecule has 0 fully saturated rings. The van der Waals surface area contributed by atoms with Crippen molar-refractivity contribution in [3.8, 4) is 5.75 Å². The number of methoxy groups -OCH3 is 1. The van der Waals surface area contributed by atoms with Gasteiger partial charge in [0.05, 0.1) is 34.1 Å². The number of halogens is 3. The van der Waals surface area contributed by atoms with E-state index in [1.54, 1.807) is 7.11 Å². The fraction of sp³-hybridized carbons (Fsp3) is 0.316. The Morgan fingerprint density at radius 1 is 1.10 bits per heavy atom. The number of carbonyl (C=O) groups is 1. The summed E-state index contributed by atoms with van der Waals surface area (Å²) < 4.78 is 30.6. The molecule has 0 aliphatic heterocycles. The number of nitrogens with one attached hydrogen (secondary N) is 1. The summed E-state index contributed by atoms with van der Waals surface area (Å²) in [6.07, 6.45) is 2.36. The molecule has 0 atom stereocenters. The molecule has 1 amide bonds. The fourth-order valence-electron chi connectivity index (χ4n) is 2.69.